The first kappa shape index (κ1) is 12.3. The van der Waals surface area contributed by atoms with Gasteiger partial charge in [-0.3, -0.25) is 14.7 Å². The molecule has 8 heteroatoms. The Labute approximate surface area is 118 Å². The van der Waals surface area contributed by atoms with Crippen LogP contribution in [0.2, 0.25) is 5.02 Å². The maximum atomic E-state index is 11.5. The lowest BCUT2D eigenvalue weighted by Gasteiger charge is -2.17. The first-order valence-electron chi connectivity index (χ1n) is 5.66. The second-order valence-corrected chi connectivity index (χ2v) is 5.02. The number of carbonyl (C=O) groups is 1. The molecule has 1 aliphatic rings. The molecule has 0 saturated carbocycles. The molecule has 1 N–H and O–H groups in total. The minimum atomic E-state index is -0.0451. The fourth-order valence-electron chi connectivity index (χ4n) is 1.88. The number of aliphatic imine (C=N–C) groups is 1. The van der Waals surface area contributed by atoms with E-state index in [1.165, 1.54) is 6.92 Å². The van der Waals surface area contributed by atoms with Crippen LogP contribution in [0.5, 0.6) is 0 Å². The molecule has 0 bridgehead atoms. The van der Waals surface area contributed by atoms with E-state index in [1.54, 1.807) is 17.0 Å². The largest absolute Gasteiger partial charge is 0.324 e. The third-order valence-electron chi connectivity index (χ3n) is 2.81. The molecule has 1 aliphatic heterocycles. The number of benzene rings is 1. The third-order valence-corrected chi connectivity index (χ3v) is 3.68. The molecule has 19 heavy (non-hydrogen) atoms. The summed E-state index contributed by atoms with van der Waals surface area (Å²) in [6.45, 7) is 2.70. The van der Waals surface area contributed by atoms with Crippen molar-refractivity contribution in [2.45, 2.75) is 6.92 Å². The zero-order chi connectivity index (χ0) is 13.4. The maximum absolute atomic E-state index is 11.5. The quantitative estimate of drug-likeness (QED) is 0.873. The van der Waals surface area contributed by atoms with Crippen molar-refractivity contribution in [3.8, 4) is 0 Å². The van der Waals surface area contributed by atoms with E-state index >= 15 is 0 Å². The predicted octanol–water partition coefficient (Wildman–Crippen LogP) is 1.97. The van der Waals surface area contributed by atoms with Gasteiger partial charge in [-0.25, -0.2) is 0 Å². The van der Waals surface area contributed by atoms with Crippen molar-refractivity contribution in [3.63, 3.8) is 0 Å². The lowest BCUT2D eigenvalue weighted by Crippen LogP contribution is -2.36. The monoisotopic (exact) mass is 295 g/mol. The van der Waals surface area contributed by atoms with Crippen LogP contribution in [-0.2, 0) is 4.79 Å². The van der Waals surface area contributed by atoms with Crippen LogP contribution < -0.4 is 5.32 Å². The number of hydrogen-bond acceptors (Lipinski definition) is 6. The van der Waals surface area contributed by atoms with E-state index in [0.29, 0.717) is 29.8 Å². The normalized spacial score (nSPS) is 14.8. The Morgan fingerprint density at radius 1 is 1.42 bits per heavy atom. The Balaban J connectivity index is 1.92. The van der Waals surface area contributed by atoms with Crippen LogP contribution in [0.25, 0.3) is 11.0 Å². The van der Waals surface area contributed by atoms with Crippen LogP contribution in [0.4, 0.5) is 5.69 Å². The van der Waals surface area contributed by atoms with Gasteiger partial charge in [0.25, 0.3) is 0 Å². The number of aromatic nitrogens is 2. The van der Waals surface area contributed by atoms with Gasteiger partial charge in [0.05, 0.1) is 29.0 Å². The first-order valence-corrected chi connectivity index (χ1v) is 6.77. The summed E-state index contributed by atoms with van der Waals surface area (Å²) in [5.74, 6) is 0.480. The molecule has 1 aromatic heterocycles. The number of anilines is 1. The van der Waals surface area contributed by atoms with E-state index in [-0.39, 0.29) is 5.91 Å². The van der Waals surface area contributed by atoms with Gasteiger partial charge in [-0.2, -0.15) is 8.75 Å². The Bertz CT molecular complexity index is 683. The summed E-state index contributed by atoms with van der Waals surface area (Å²) in [7, 11) is 0. The smallest absolute Gasteiger partial charge is 0.226 e. The van der Waals surface area contributed by atoms with Crippen LogP contribution in [0.15, 0.2) is 17.1 Å². The molecule has 98 valence electrons. The van der Waals surface area contributed by atoms with E-state index in [0.717, 1.165) is 22.8 Å². The predicted molar refractivity (Wildman–Crippen MR) is 75.7 cm³/mol. The highest BCUT2D eigenvalue weighted by atomic mass is 35.5. The molecular weight excluding hydrogens is 286 g/mol. The molecule has 0 radical (unpaired) electrons. The maximum Gasteiger partial charge on any atom is 0.226 e. The van der Waals surface area contributed by atoms with Crippen molar-refractivity contribution in [2.24, 2.45) is 4.99 Å². The molecule has 3 rings (SSSR count). The average molecular weight is 296 g/mol. The second-order valence-electron chi connectivity index (χ2n) is 4.09. The summed E-state index contributed by atoms with van der Waals surface area (Å²) in [5, 5.41) is 3.61. The summed E-state index contributed by atoms with van der Waals surface area (Å²) in [6, 6.07) is 3.55. The molecular formula is C11H10ClN5OS. The fourth-order valence-corrected chi connectivity index (χ4v) is 2.60. The van der Waals surface area contributed by atoms with Gasteiger partial charge in [0.2, 0.25) is 11.9 Å². The summed E-state index contributed by atoms with van der Waals surface area (Å²) >= 11 is 7.32. The lowest BCUT2D eigenvalue weighted by atomic mass is 10.2. The molecule has 1 amide bonds. The van der Waals surface area contributed by atoms with E-state index in [9.17, 15) is 4.79 Å². The molecule has 0 unspecified atom stereocenters. The molecule has 0 atom stereocenters. The van der Waals surface area contributed by atoms with Crippen molar-refractivity contribution in [1.29, 1.82) is 0 Å². The zero-order valence-corrected chi connectivity index (χ0v) is 11.6. The van der Waals surface area contributed by atoms with Crippen LogP contribution in [0.1, 0.15) is 6.92 Å². The third kappa shape index (κ3) is 2.26. The Hall–Kier alpha value is -1.73. The van der Waals surface area contributed by atoms with E-state index in [1.807, 2.05) is 0 Å². The number of carbonyl (C=O) groups excluding carboxylic acids is 1. The van der Waals surface area contributed by atoms with Gasteiger partial charge < -0.3 is 5.32 Å². The van der Waals surface area contributed by atoms with Crippen molar-refractivity contribution in [2.75, 3.05) is 18.4 Å². The standard InChI is InChI=1S/C11H10ClN5OS/c1-6(18)17-3-2-13-11(17)14-8-5-10-9(4-7(8)12)15-19-16-10/h4-5H,2-3H2,1H3,(H,13,14). The summed E-state index contributed by atoms with van der Waals surface area (Å²) in [4.78, 5) is 17.3. The number of fused-ring (bicyclic) bond motifs is 1. The molecule has 6 nitrogen and oxygen atoms in total. The zero-order valence-electron chi connectivity index (χ0n) is 10.1. The summed E-state index contributed by atoms with van der Waals surface area (Å²) in [6.07, 6.45) is 0. The fraction of sp³-hybridized carbons (Fsp3) is 0.273. The highest BCUT2D eigenvalue weighted by Gasteiger charge is 2.21. The highest BCUT2D eigenvalue weighted by Crippen LogP contribution is 2.27. The van der Waals surface area contributed by atoms with Gasteiger partial charge in [-0.1, -0.05) is 11.6 Å². The lowest BCUT2D eigenvalue weighted by molar-refractivity contribution is -0.124. The number of nitrogens with zero attached hydrogens (tertiary/aromatic N) is 4. The van der Waals surface area contributed by atoms with Crippen molar-refractivity contribution < 1.29 is 4.79 Å². The van der Waals surface area contributed by atoms with E-state index in [2.05, 4.69) is 19.1 Å². The Morgan fingerprint density at radius 2 is 2.16 bits per heavy atom. The van der Waals surface area contributed by atoms with Gasteiger partial charge in [0.15, 0.2) is 0 Å². The van der Waals surface area contributed by atoms with Crippen LogP contribution in [-0.4, -0.2) is 38.6 Å². The molecule has 0 spiro atoms. The minimum absolute atomic E-state index is 0.0451. The van der Waals surface area contributed by atoms with Crippen LogP contribution in [0.3, 0.4) is 0 Å². The number of rotatable bonds is 1. The van der Waals surface area contributed by atoms with Gasteiger partial charge >= 0.3 is 0 Å². The van der Waals surface area contributed by atoms with Crippen LogP contribution in [0, 0.1) is 0 Å². The average Bonchev–Trinajstić information content (AvgIpc) is 2.98. The molecule has 2 aromatic rings. The van der Waals surface area contributed by atoms with Gasteiger partial charge in [0.1, 0.15) is 11.0 Å². The number of hydrogen-bond donors (Lipinski definition) is 1. The highest BCUT2D eigenvalue weighted by molar-refractivity contribution is 7.00. The Morgan fingerprint density at radius 3 is 2.89 bits per heavy atom. The SMILES string of the molecule is CC(=O)N1CCN=C1Nc1cc2nsnc2cc1Cl. The number of nitrogens with one attached hydrogen (secondary N) is 1. The van der Waals surface area contributed by atoms with Crippen molar-refractivity contribution >= 4 is 51.9 Å². The summed E-state index contributed by atoms with van der Waals surface area (Å²) in [5.41, 5.74) is 2.20. The molecule has 1 aromatic carbocycles. The number of amides is 1. The number of guanidine groups is 1. The molecule has 2 heterocycles. The summed E-state index contributed by atoms with van der Waals surface area (Å²) < 4.78 is 8.28. The Kier molecular flexibility index (Phi) is 3.08. The van der Waals surface area contributed by atoms with Crippen molar-refractivity contribution in [1.82, 2.24) is 13.6 Å². The molecule has 0 aliphatic carbocycles. The van der Waals surface area contributed by atoms with Crippen LogP contribution >= 0.6 is 23.3 Å². The second kappa shape index (κ2) is 4.75. The molecule has 0 saturated heterocycles. The van der Waals surface area contributed by atoms with Crippen molar-refractivity contribution in [3.05, 3.63) is 17.2 Å². The molecule has 0 fully saturated rings. The first-order chi connectivity index (χ1) is 9.15. The minimum Gasteiger partial charge on any atom is -0.324 e. The number of halogens is 1. The van der Waals surface area contributed by atoms with E-state index in [4.69, 9.17) is 11.6 Å². The van der Waals surface area contributed by atoms with E-state index < -0.39 is 0 Å². The van der Waals surface area contributed by atoms with Gasteiger partial charge in [-0.15, -0.1) is 0 Å². The topological polar surface area (TPSA) is 70.5 Å². The van der Waals surface area contributed by atoms with Gasteiger partial charge in [-0.05, 0) is 12.1 Å². The van der Waals surface area contributed by atoms with Gasteiger partial charge in [0, 0.05) is 13.5 Å².